The Hall–Kier alpha value is -2.82. The summed E-state index contributed by atoms with van der Waals surface area (Å²) >= 11 is 9.48. The molecule has 0 radical (unpaired) electrons. The summed E-state index contributed by atoms with van der Waals surface area (Å²) in [6.45, 7) is -0.147. The van der Waals surface area contributed by atoms with E-state index >= 15 is 0 Å². The zero-order chi connectivity index (χ0) is 18.7. The van der Waals surface area contributed by atoms with Gasteiger partial charge in [-0.25, -0.2) is 5.01 Å². The third kappa shape index (κ3) is 3.57. The first-order chi connectivity index (χ1) is 12.5. The fraction of sp³-hybridized carbons (Fsp3) is 0.0556. The van der Waals surface area contributed by atoms with E-state index < -0.39 is 11.8 Å². The highest BCUT2D eigenvalue weighted by atomic mass is 79.9. The van der Waals surface area contributed by atoms with Crippen LogP contribution in [0.25, 0.3) is 6.08 Å². The number of rotatable bonds is 4. The molecular weight excluding hydrogens is 422 g/mol. The lowest BCUT2D eigenvalue weighted by Crippen LogP contribution is -2.35. The van der Waals surface area contributed by atoms with E-state index in [4.69, 9.17) is 21.6 Å². The number of benzene rings is 2. The molecule has 130 valence electrons. The van der Waals surface area contributed by atoms with E-state index in [1.165, 1.54) is 11.1 Å². The number of carbonyl (C=O) groups excluding carboxylic acids is 2. The molecule has 2 aromatic carbocycles. The number of hydrazine groups is 1. The first kappa shape index (κ1) is 18.0. The molecule has 1 heterocycles. The van der Waals surface area contributed by atoms with E-state index in [0.717, 1.165) is 0 Å². The van der Waals surface area contributed by atoms with Gasteiger partial charge in [0.05, 0.1) is 15.2 Å². The summed E-state index contributed by atoms with van der Waals surface area (Å²) in [6.07, 6.45) is 1.45. The van der Waals surface area contributed by atoms with Crippen molar-refractivity contribution >= 4 is 51.1 Å². The van der Waals surface area contributed by atoms with Crippen molar-refractivity contribution in [1.29, 1.82) is 5.26 Å². The van der Waals surface area contributed by atoms with Crippen molar-refractivity contribution in [3.8, 4) is 11.8 Å². The minimum Gasteiger partial charge on any atom is -0.476 e. The van der Waals surface area contributed by atoms with E-state index in [-0.39, 0.29) is 17.2 Å². The van der Waals surface area contributed by atoms with E-state index in [9.17, 15) is 9.59 Å². The molecule has 0 aromatic heterocycles. The second kappa shape index (κ2) is 7.60. The van der Waals surface area contributed by atoms with Gasteiger partial charge in [0, 0.05) is 0 Å². The number of anilines is 1. The molecule has 0 atom stereocenters. The van der Waals surface area contributed by atoms with Crippen LogP contribution in [-0.4, -0.2) is 18.4 Å². The second-order valence-corrected chi connectivity index (χ2v) is 6.50. The number of halogens is 2. The predicted molar refractivity (Wildman–Crippen MR) is 100 cm³/mol. The van der Waals surface area contributed by atoms with Crippen molar-refractivity contribution in [1.82, 2.24) is 5.43 Å². The minimum absolute atomic E-state index is 0.0116. The lowest BCUT2D eigenvalue weighted by molar-refractivity contribution is -0.117. The van der Waals surface area contributed by atoms with Crippen LogP contribution in [0.3, 0.4) is 0 Å². The van der Waals surface area contributed by atoms with Crippen LogP contribution in [-0.2, 0) is 9.59 Å². The lowest BCUT2D eigenvalue weighted by atomic mass is 10.1. The Balaban J connectivity index is 1.92. The largest absolute Gasteiger partial charge is 0.476 e. The molecule has 1 aliphatic rings. The van der Waals surface area contributed by atoms with E-state index in [0.29, 0.717) is 21.5 Å². The summed E-state index contributed by atoms with van der Waals surface area (Å²) in [5.74, 6) is -0.641. The SMILES string of the molecule is N#CCOc1c(Cl)cc(/C=C2/C(=O)NN(c3ccccc3)C2=O)cc1Br. The van der Waals surface area contributed by atoms with Crippen LogP contribution >= 0.6 is 27.5 Å². The number of amides is 2. The zero-order valence-electron chi connectivity index (χ0n) is 13.2. The van der Waals surface area contributed by atoms with Crippen LogP contribution < -0.4 is 15.2 Å². The topological polar surface area (TPSA) is 82.4 Å². The van der Waals surface area contributed by atoms with Crippen molar-refractivity contribution in [3.05, 3.63) is 63.1 Å². The van der Waals surface area contributed by atoms with Crippen molar-refractivity contribution in [2.24, 2.45) is 0 Å². The van der Waals surface area contributed by atoms with Gasteiger partial charge in [0.25, 0.3) is 11.8 Å². The highest BCUT2D eigenvalue weighted by Crippen LogP contribution is 2.35. The molecule has 8 heteroatoms. The van der Waals surface area contributed by atoms with Crippen LogP contribution in [0.2, 0.25) is 5.02 Å². The van der Waals surface area contributed by atoms with Crippen LogP contribution in [0.15, 0.2) is 52.5 Å². The van der Waals surface area contributed by atoms with Gasteiger partial charge in [-0.2, -0.15) is 5.26 Å². The molecule has 0 unspecified atom stereocenters. The standard InChI is InChI=1S/C18H11BrClN3O3/c19-14-9-11(10-15(20)16(14)26-7-6-21)8-13-17(24)22-23(18(13)25)12-4-2-1-3-5-12/h1-5,8-10H,7H2,(H,22,24)/b13-8-. The van der Waals surface area contributed by atoms with Gasteiger partial charge >= 0.3 is 0 Å². The van der Waals surface area contributed by atoms with Crippen LogP contribution in [0, 0.1) is 11.3 Å². The molecule has 0 aliphatic carbocycles. The first-order valence-electron chi connectivity index (χ1n) is 7.42. The summed E-state index contributed by atoms with van der Waals surface area (Å²) in [6, 6.07) is 13.9. The first-order valence-corrected chi connectivity index (χ1v) is 8.59. The van der Waals surface area contributed by atoms with Gasteiger partial charge in [0.2, 0.25) is 0 Å². The highest BCUT2D eigenvalue weighted by Gasteiger charge is 2.34. The molecule has 0 saturated carbocycles. The molecule has 1 N–H and O–H groups in total. The minimum atomic E-state index is -0.504. The lowest BCUT2D eigenvalue weighted by Gasteiger charge is -2.13. The Morgan fingerprint density at radius 1 is 1.27 bits per heavy atom. The summed E-state index contributed by atoms with van der Waals surface area (Å²) in [7, 11) is 0. The van der Waals surface area contributed by atoms with Gasteiger partial charge in [0.1, 0.15) is 11.6 Å². The summed E-state index contributed by atoms with van der Waals surface area (Å²) in [5, 5.41) is 10.0. The number of nitriles is 1. The summed E-state index contributed by atoms with van der Waals surface area (Å²) < 4.78 is 5.76. The maximum absolute atomic E-state index is 12.6. The Labute approximate surface area is 162 Å². The number of para-hydroxylation sites is 1. The van der Waals surface area contributed by atoms with Gasteiger partial charge in [-0.1, -0.05) is 29.8 Å². The fourth-order valence-corrected chi connectivity index (χ4v) is 3.38. The van der Waals surface area contributed by atoms with Crippen LogP contribution in [0.4, 0.5) is 5.69 Å². The van der Waals surface area contributed by atoms with E-state index in [2.05, 4.69) is 21.4 Å². The molecule has 2 amide bonds. The fourth-order valence-electron chi connectivity index (χ4n) is 2.39. The number of carbonyl (C=O) groups is 2. The van der Waals surface area contributed by atoms with Crippen molar-refractivity contribution in [3.63, 3.8) is 0 Å². The smallest absolute Gasteiger partial charge is 0.282 e. The average Bonchev–Trinajstić information content (AvgIpc) is 2.90. The Morgan fingerprint density at radius 3 is 2.65 bits per heavy atom. The molecule has 1 saturated heterocycles. The quantitative estimate of drug-likeness (QED) is 0.592. The number of ether oxygens (including phenoxy) is 1. The molecule has 3 rings (SSSR count). The van der Waals surface area contributed by atoms with Crippen LogP contribution in [0.5, 0.6) is 5.75 Å². The third-order valence-electron chi connectivity index (χ3n) is 3.52. The third-order valence-corrected chi connectivity index (χ3v) is 4.39. The number of nitrogens with zero attached hydrogens (tertiary/aromatic N) is 2. The molecule has 0 bridgehead atoms. The predicted octanol–water partition coefficient (Wildman–Crippen LogP) is 3.47. The monoisotopic (exact) mass is 431 g/mol. The van der Waals surface area contributed by atoms with E-state index in [1.54, 1.807) is 36.4 Å². The summed E-state index contributed by atoms with van der Waals surface area (Å²) in [5.41, 5.74) is 3.62. The molecule has 1 aliphatic heterocycles. The van der Waals surface area contributed by atoms with Gasteiger partial charge < -0.3 is 4.74 Å². The van der Waals surface area contributed by atoms with Gasteiger partial charge in [0.15, 0.2) is 12.4 Å². The normalized spacial score (nSPS) is 15.1. The molecule has 26 heavy (non-hydrogen) atoms. The van der Waals surface area contributed by atoms with E-state index in [1.807, 2.05) is 12.1 Å². The maximum Gasteiger partial charge on any atom is 0.282 e. The molecule has 6 nitrogen and oxygen atoms in total. The second-order valence-electron chi connectivity index (χ2n) is 5.24. The average molecular weight is 433 g/mol. The maximum atomic E-state index is 12.6. The Bertz CT molecular complexity index is 931. The Kier molecular flexibility index (Phi) is 5.26. The Morgan fingerprint density at radius 2 is 2.00 bits per heavy atom. The summed E-state index contributed by atoms with van der Waals surface area (Å²) in [4.78, 5) is 24.8. The van der Waals surface area contributed by atoms with Gasteiger partial charge in [-0.05, 0) is 51.8 Å². The molecule has 2 aromatic rings. The zero-order valence-corrected chi connectivity index (χ0v) is 15.5. The van der Waals surface area contributed by atoms with Crippen molar-refractivity contribution in [2.45, 2.75) is 0 Å². The van der Waals surface area contributed by atoms with Gasteiger partial charge in [-0.15, -0.1) is 0 Å². The molecular formula is C18H11BrClN3O3. The number of hydrogen-bond donors (Lipinski definition) is 1. The van der Waals surface area contributed by atoms with Crippen molar-refractivity contribution < 1.29 is 14.3 Å². The number of nitrogens with one attached hydrogen (secondary N) is 1. The highest BCUT2D eigenvalue weighted by molar-refractivity contribution is 9.10. The molecule has 1 fully saturated rings. The van der Waals surface area contributed by atoms with Crippen molar-refractivity contribution in [2.75, 3.05) is 11.6 Å². The number of hydrogen-bond acceptors (Lipinski definition) is 4. The van der Waals surface area contributed by atoms with Gasteiger partial charge in [-0.3, -0.25) is 15.0 Å². The van der Waals surface area contributed by atoms with Crippen LogP contribution in [0.1, 0.15) is 5.56 Å². The molecule has 0 spiro atoms.